The molecule has 4 heteroatoms. The Kier molecular flexibility index (Phi) is 5.52. The van der Waals surface area contributed by atoms with Gasteiger partial charge in [-0.15, -0.1) is 0 Å². The molecule has 0 aliphatic rings. The van der Waals surface area contributed by atoms with E-state index in [1.807, 2.05) is 48.5 Å². The first-order chi connectivity index (χ1) is 12.2. The molecule has 3 aromatic rings. The molecule has 0 amide bonds. The molecule has 0 aromatic heterocycles. The number of halogens is 1. The second-order valence-corrected chi connectivity index (χ2v) is 5.64. The summed E-state index contributed by atoms with van der Waals surface area (Å²) in [5, 5.41) is 3.37. The molecule has 25 heavy (non-hydrogen) atoms. The first-order valence-corrected chi connectivity index (χ1v) is 8.07. The van der Waals surface area contributed by atoms with Crippen molar-refractivity contribution < 1.29 is 13.9 Å². The van der Waals surface area contributed by atoms with Crippen molar-refractivity contribution in [3.63, 3.8) is 0 Å². The Morgan fingerprint density at radius 3 is 2.32 bits per heavy atom. The molecule has 0 spiro atoms. The van der Waals surface area contributed by atoms with E-state index >= 15 is 0 Å². The molecule has 0 heterocycles. The van der Waals surface area contributed by atoms with Gasteiger partial charge in [0.15, 0.2) is 0 Å². The van der Waals surface area contributed by atoms with Gasteiger partial charge in [0.2, 0.25) is 0 Å². The fourth-order valence-corrected chi connectivity index (χ4v) is 2.41. The van der Waals surface area contributed by atoms with Crippen molar-refractivity contribution in [3.8, 4) is 11.5 Å². The van der Waals surface area contributed by atoms with Gasteiger partial charge in [-0.05, 0) is 59.7 Å². The smallest absolute Gasteiger partial charge is 0.123 e. The van der Waals surface area contributed by atoms with Crippen LogP contribution in [-0.4, -0.2) is 7.11 Å². The van der Waals surface area contributed by atoms with E-state index in [1.54, 1.807) is 19.2 Å². The largest absolute Gasteiger partial charge is 0.497 e. The van der Waals surface area contributed by atoms with E-state index in [9.17, 15) is 4.39 Å². The fraction of sp³-hybridized carbons (Fsp3) is 0.143. The molecule has 0 aliphatic carbocycles. The van der Waals surface area contributed by atoms with Crippen LogP contribution in [-0.2, 0) is 13.2 Å². The highest BCUT2D eigenvalue weighted by molar-refractivity contribution is 5.47. The van der Waals surface area contributed by atoms with E-state index in [1.165, 1.54) is 12.1 Å². The van der Waals surface area contributed by atoms with Crippen LogP contribution in [0.5, 0.6) is 11.5 Å². The van der Waals surface area contributed by atoms with Crippen LogP contribution >= 0.6 is 0 Å². The molecule has 0 radical (unpaired) electrons. The molecular formula is C21H20FNO2. The van der Waals surface area contributed by atoms with Gasteiger partial charge < -0.3 is 14.8 Å². The molecule has 0 bridgehead atoms. The Labute approximate surface area is 147 Å². The monoisotopic (exact) mass is 337 g/mol. The quantitative estimate of drug-likeness (QED) is 0.656. The Balaban J connectivity index is 1.56. The third-order valence-corrected chi connectivity index (χ3v) is 3.80. The minimum absolute atomic E-state index is 0.240. The summed E-state index contributed by atoms with van der Waals surface area (Å²) in [4.78, 5) is 0. The topological polar surface area (TPSA) is 30.5 Å². The lowest BCUT2D eigenvalue weighted by Gasteiger charge is -2.10. The highest BCUT2D eigenvalue weighted by Gasteiger charge is 2.00. The molecule has 0 aliphatic heterocycles. The van der Waals surface area contributed by atoms with Gasteiger partial charge >= 0.3 is 0 Å². The van der Waals surface area contributed by atoms with E-state index in [0.29, 0.717) is 13.2 Å². The zero-order valence-corrected chi connectivity index (χ0v) is 14.0. The van der Waals surface area contributed by atoms with Gasteiger partial charge in [0.05, 0.1) is 7.11 Å². The van der Waals surface area contributed by atoms with Crippen LogP contribution in [0, 0.1) is 5.82 Å². The zero-order valence-electron chi connectivity index (χ0n) is 14.0. The Hall–Kier alpha value is -3.01. The SMILES string of the molecule is COc1ccc(NCc2cccc(OCc3ccc(F)cc3)c2)cc1. The lowest BCUT2D eigenvalue weighted by molar-refractivity contribution is 0.306. The molecule has 128 valence electrons. The van der Waals surface area contributed by atoms with Crippen molar-refractivity contribution in [1.82, 2.24) is 0 Å². The number of methoxy groups -OCH3 is 1. The predicted molar refractivity (Wildman–Crippen MR) is 97.5 cm³/mol. The summed E-state index contributed by atoms with van der Waals surface area (Å²) < 4.78 is 23.9. The van der Waals surface area contributed by atoms with Crippen LogP contribution in [0.25, 0.3) is 0 Å². The second-order valence-electron chi connectivity index (χ2n) is 5.64. The normalized spacial score (nSPS) is 10.3. The maximum Gasteiger partial charge on any atom is 0.123 e. The molecule has 3 aromatic carbocycles. The van der Waals surface area contributed by atoms with Gasteiger partial charge in [0.1, 0.15) is 23.9 Å². The molecule has 0 saturated heterocycles. The van der Waals surface area contributed by atoms with Crippen molar-refractivity contribution in [2.24, 2.45) is 0 Å². The molecular weight excluding hydrogens is 317 g/mol. The maximum atomic E-state index is 12.9. The molecule has 3 rings (SSSR count). The van der Waals surface area contributed by atoms with Crippen molar-refractivity contribution in [2.45, 2.75) is 13.2 Å². The van der Waals surface area contributed by atoms with Gasteiger partial charge in [-0.3, -0.25) is 0 Å². The predicted octanol–water partition coefficient (Wildman–Crippen LogP) is 5.03. The minimum Gasteiger partial charge on any atom is -0.497 e. The maximum absolute atomic E-state index is 12.9. The van der Waals surface area contributed by atoms with E-state index in [0.717, 1.165) is 28.3 Å². The van der Waals surface area contributed by atoms with Crippen LogP contribution in [0.3, 0.4) is 0 Å². The summed E-state index contributed by atoms with van der Waals surface area (Å²) in [7, 11) is 1.65. The third kappa shape index (κ3) is 4.98. The molecule has 1 N–H and O–H groups in total. The van der Waals surface area contributed by atoms with Crippen LogP contribution in [0.1, 0.15) is 11.1 Å². The van der Waals surface area contributed by atoms with Crippen molar-refractivity contribution in [2.75, 3.05) is 12.4 Å². The summed E-state index contributed by atoms with van der Waals surface area (Å²) in [5.41, 5.74) is 3.08. The van der Waals surface area contributed by atoms with Crippen LogP contribution in [0.2, 0.25) is 0 Å². The summed E-state index contributed by atoms with van der Waals surface area (Å²) in [6.45, 7) is 1.11. The summed E-state index contributed by atoms with van der Waals surface area (Å²) >= 11 is 0. The number of hydrogen-bond acceptors (Lipinski definition) is 3. The lowest BCUT2D eigenvalue weighted by atomic mass is 10.2. The number of rotatable bonds is 7. The number of anilines is 1. The summed E-state index contributed by atoms with van der Waals surface area (Å²) in [6.07, 6.45) is 0. The summed E-state index contributed by atoms with van der Waals surface area (Å²) in [5.74, 6) is 1.38. The number of ether oxygens (including phenoxy) is 2. The first kappa shape index (κ1) is 16.8. The molecule has 0 atom stereocenters. The average Bonchev–Trinajstić information content (AvgIpc) is 2.67. The number of benzene rings is 3. The Morgan fingerprint density at radius 1 is 0.840 bits per heavy atom. The first-order valence-electron chi connectivity index (χ1n) is 8.07. The van der Waals surface area contributed by atoms with Crippen LogP contribution in [0.4, 0.5) is 10.1 Å². The van der Waals surface area contributed by atoms with E-state index in [4.69, 9.17) is 9.47 Å². The van der Waals surface area contributed by atoms with Crippen LogP contribution < -0.4 is 14.8 Å². The minimum atomic E-state index is -0.240. The lowest BCUT2D eigenvalue weighted by Crippen LogP contribution is -2.00. The van der Waals surface area contributed by atoms with Crippen LogP contribution in [0.15, 0.2) is 72.8 Å². The molecule has 0 fully saturated rings. The second kappa shape index (κ2) is 8.20. The molecule has 3 nitrogen and oxygen atoms in total. The van der Waals surface area contributed by atoms with E-state index in [2.05, 4.69) is 5.32 Å². The summed E-state index contributed by atoms with van der Waals surface area (Å²) in [6, 6.07) is 22.1. The third-order valence-electron chi connectivity index (χ3n) is 3.80. The molecule has 0 unspecified atom stereocenters. The number of nitrogens with one attached hydrogen (secondary N) is 1. The Bertz CT molecular complexity index is 801. The van der Waals surface area contributed by atoms with Crippen molar-refractivity contribution in [1.29, 1.82) is 0 Å². The van der Waals surface area contributed by atoms with Gasteiger partial charge in [-0.25, -0.2) is 4.39 Å². The number of hydrogen-bond donors (Lipinski definition) is 1. The standard InChI is InChI=1S/C21H20FNO2/c1-24-20-11-9-19(10-12-20)23-14-17-3-2-4-21(13-17)25-15-16-5-7-18(22)8-6-16/h2-13,23H,14-15H2,1H3. The van der Waals surface area contributed by atoms with E-state index in [-0.39, 0.29) is 5.82 Å². The van der Waals surface area contributed by atoms with Gasteiger partial charge in [-0.2, -0.15) is 0 Å². The van der Waals surface area contributed by atoms with Gasteiger partial charge in [-0.1, -0.05) is 24.3 Å². The fourth-order valence-electron chi connectivity index (χ4n) is 2.41. The van der Waals surface area contributed by atoms with Crippen molar-refractivity contribution in [3.05, 3.63) is 89.7 Å². The van der Waals surface area contributed by atoms with Gasteiger partial charge in [0.25, 0.3) is 0 Å². The molecule has 0 saturated carbocycles. The highest BCUT2D eigenvalue weighted by atomic mass is 19.1. The average molecular weight is 337 g/mol. The van der Waals surface area contributed by atoms with E-state index < -0.39 is 0 Å². The highest BCUT2D eigenvalue weighted by Crippen LogP contribution is 2.18. The zero-order chi connectivity index (χ0) is 17.5. The Morgan fingerprint density at radius 2 is 1.60 bits per heavy atom. The van der Waals surface area contributed by atoms with Crippen molar-refractivity contribution >= 4 is 5.69 Å². The van der Waals surface area contributed by atoms with Gasteiger partial charge in [0, 0.05) is 12.2 Å².